The van der Waals surface area contributed by atoms with Crippen LogP contribution in [0.1, 0.15) is 5.76 Å². The zero-order valence-electron chi connectivity index (χ0n) is 21.9. The molecule has 0 aromatic carbocycles. The third-order valence-electron chi connectivity index (χ3n) is 6.58. The number of nitrogens with one attached hydrogen (secondary N) is 4. The second-order valence-electron chi connectivity index (χ2n) is 9.40. The second-order valence-corrected chi connectivity index (χ2v) is 15.2. The Morgan fingerprint density at radius 2 is 2.00 bits per heavy atom. The molecule has 1 fully saturated rings. The van der Waals surface area contributed by atoms with Gasteiger partial charge in [-0.15, -0.1) is 0 Å². The van der Waals surface area contributed by atoms with Gasteiger partial charge in [0.2, 0.25) is 23.8 Å². The fraction of sp³-hybridized carbons (Fsp3) is 0.250. The topological polar surface area (TPSA) is 255 Å². The number of thiol groups is 2. The van der Waals surface area contributed by atoms with Gasteiger partial charge in [-0.1, -0.05) is 0 Å². The maximum Gasteiger partial charge on any atom is 0.563 e. The number of H-pyrrole nitrogens is 1. The molecule has 234 valence electrons. The van der Waals surface area contributed by atoms with E-state index in [0.717, 1.165) is 17.2 Å². The number of furan rings is 1. The number of nitrogen functional groups attached to an aromatic ring is 1. The Morgan fingerprint density at radius 3 is 2.82 bits per heavy atom. The van der Waals surface area contributed by atoms with Crippen LogP contribution < -0.4 is 42.4 Å². The van der Waals surface area contributed by atoms with Gasteiger partial charge in [-0.05, 0) is 0 Å². The highest BCUT2D eigenvalue weighted by atomic mass is 32.7. The van der Waals surface area contributed by atoms with Gasteiger partial charge in [0.1, 0.15) is 42.8 Å². The Kier molecular flexibility index (Phi) is 6.94. The number of ether oxygens (including phenoxy) is 1. The van der Waals surface area contributed by atoms with Crippen molar-refractivity contribution in [2.24, 2.45) is 5.73 Å². The number of nitrogens with two attached hydrogens (primary N) is 2. The second kappa shape index (κ2) is 10.5. The number of nitrogens with zero attached hydrogens (tertiary/aromatic N) is 4. The lowest BCUT2D eigenvalue weighted by molar-refractivity contribution is 0.187. The number of rotatable bonds is 2. The predicted molar refractivity (Wildman–Crippen MR) is 159 cm³/mol. The summed E-state index contributed by atoms with van der Waals surface area (Å²) >= 11 is 8.23. The lowest BCUT2D eigenvalue weighted by Gasteiger charge is -2.28. The number of aromatic nitrogens is 4. The summed E-state index contributed by atoms with van der Waals surface area (Å²) in [5.74, 6) is -1.21. The monoisotopic (exact) mass is 692 g/mol. The molecule has 3 aromatic rings. The molecule has 19 nitrogen and oxygen atoms in total. The highest BCUT2D eigenvalue weighted by Crippen LogP contribution is 2.67. The fourth-order valence-corrected chi connectivity index (χ4v) is 6.96. The standard InChI is InChI=1S/C20H22FN10O9P2S2/c21-11-9-3-36-41(33,43)39-7-1-10(30-5-26-12-15(22)24-4-25-16(12)30)37-8(7)2-35-42(34,44)40-14(11)19(38-9)31-6-27-13-17(31)28-20(23)29-18(13)32/h1,3,6,11,16,24-26,33-34,43-44H,2,4-5,22H2,(H2-,23,28,29,32)/q+1/p+1/b9-3+/t11-,16?,41?,42?/m1/s1. The van der Waals surface area contributed by atoms with Crippen molar-refractivity contribution in [3.05, 3.63) is 57.8 Å². The van der Waals surface area contributed by atoms with E-state index in [9.17, 15) is 14.6 Å². The largest absolute Gasteiger partial charge is 0.563 e. The van der Waals surface area contributed by atoms with E-state index < -0.39 is 50.0 Å². The molecular weight excluding hydrogens is 669 g/mol. The number of fused-ring (bicyclic) bond motifs is 5. The molecule has 10 N–H and O–H groups in total. The Bertz CT molecular complexity index is 1830. The number of aromatic amines is 1. The predicted octanol–water partition coefficient (Wildman–Crippen LogP) is 0.444. The summed E-state index contributed by atoms with van der Waals surface area (Å²) in [6, 6.07) is 1.45. The highest BCUT2D eigenvalue weighted by molar-refractivity contribution is 8.47. The normalized spacial score (nSPS) is 29.8. The van der Waals surface area contributed by atoms with Crippen LogP contribution in [0.2, 0.25) is 0 Å². The van der Waals surface area contributed by atoms with E-state index >= 15 is 4.39 Å². The van der Waals surface area contributed by atoms with Crippen molar-refractivity contribution >= 4 is 67.7 Å². The Labute approximate surface area is 256 Å². The van der Waals surface area contributed by atoms with Crippen molar-refractivity contribution in [2.75, 3.05) is 24.0 Å². The van der Waals surface area contributed by atoms with Crippen molar-refractivity contribution in [1.82, 2.24) is 35.5 Å². The van der Waals surface area contributed by atoms with Crippen LogP contribution in [0.5, 0.6) is 5.75 Å². The number of halogens is 1. The first-order valence-electron chi connectivity index (χ1n) is 12.4. The van der Waals surface area contributed by atoms with Crippen molar-refractivity contribution < 1.29 is 41.4 Å². The van der Waals surface area contributed by atoms with Gasteiger partial charge >= 0.3 is 14.3 Å². The van der Waals surface area contributed by atoms with Crippen LogP contribution in [0, 0.1) is 0 Å². The molecule has 44 heavy (non-hydrogen) atoms. The molecule has 0 aliphatic carbocycles. The highest BCUT2D eigenvalue weighted by Gasteiger charge is 2.51. The molecule has 1 saturated heterocycles. The quantitative estimate of drug-likeness (QED) is 0.129. The number of alkyl halides is 1. The van der Waals surface area contributed by atoms with Gasteiger partial charge in [0.05, 0.1) is 25.1 Å². The zero-order chi connectivity index (χ0) is 31.0. The zero-order valence-corrected chi connectivity index (χ0v) is 25.4. The first kappa shape index (κ1) is 29.1. The lowest BCUT2D eigenvalue weighted by atomic mass is 10.3. The third-order valence-corrected chi connectivity index (χ3v) is 9.42. The SMILES string of the molecule is NC1=C2NCN(c3cc4c(o3)CO[P+](O)(S)OC3=C(n5cnc6c(=O)[nH]c(N)nc65)O/C(=C/O[P+](O)(S)O4)[C@H]3F)C2NCN1. The van der Waals surface area contributed by atoms with Crippen LogP contribution in [-0.4, -0.2) is 55.0 Å². The minimum atomic E-state index is -4.20. The van der Waals surface area contributed by atoms with Crippen LogP contribution in [0.4, 0.5) is 16.2 Å². The van der Waals surface area contributed by atoms with Gasteiger partial charge in [-0.3, -0.25) is 28.7 Å². The smallest absolute Gasteiger partial charge is 0.439 e. The van der Waals surface area contributed by atoms with E-state index in [-0.39, 0.29) is 40.7 Å². The van der Waals surface area contributed by atoms with Crippen LogP contribution in [0.15, 0.2) is 50.9 Å². The number of imidazole rings is 1. The molecule has 7 heterocycles. The average molecular weight is 693 g/mol. The van der Waals surface area contributed by atoms with Gasteiger partial charge in [0, 0.05) is 0 Å². The number of hydrogen-bond acceptors (Lipinski definition) is 19. The summed E-state index contributed by atoms with van der Waals surface area (Å²) in [5.41, 5.74) is 11.5. The first-order valence-corrected chi connectivity index (χ1v) is 17.9. The van der Waals surface area contributed by atoms with Crippen molar-refractivity contribution in [2.45, 2.75) is 18.9 Å². The van der Waals surface area contributed by atoms with Crippen molar-refractivity contribution in [3.8, 4) is 5.75 Å². The van der Waals surface area contributed by atoms with Crippen molar-refractivity contribution in [3.63, 3.8) is 0 Å². The molecule has 4 aliphatic rings. The number of anilines is 2. The molecule has 2 bridgehead atoms. The minimum Gasteiger partial charge on any atom is -0.439 e. The lowest BCUT2D eigenvalue weighted by Crippen LogP contribution is -2.51. The molecule has 24 heteroatoms. The molecular formula is C20H23FN10O9P2S2+2. The molecule has 7 rings (SSSR count). The van der Waals surface area contributed by atoms with E-state index in [4.69, 9.17) is 38.7 Å². The minimum absolute atomic E-state index is 0.0229. The van der Waals surface area contributed by atoms with Crippen molar-refractivity contribution in [1.29, 1.82) is 0 Å². The van der Waals surface area contributed by atoms with E-state index in [1.54, 1.807) is 4.90 Å². The van der Waals surface area contributed by atoms with E-state index in [0.29, 0.717) is 24.9 Å². The Morgan fingerprint density at radius 1 is 1.18 bits per heavy atom. The molecule has 0 spiro atoms. The molecule has 4 aliphatic heterocycles. The maximum atomic E-state index is 15.7. The van der Waals surface area contributed by atoms with Gasteiger partial charge < -0.3 is 36.2 Å². The van der Waals surface area contributed by atoms with Gasteiger partial charge in [0.15, 0.2) is 35.6 Å². The van der Waals surface area contributed by atoms with Crippen LogP contribution in [0.3, 0.4) is 0 Å². The third kappa shape index (κ3) is 5.12. The van der Waals surface area contributed by atoms with Gasteiger partial charge in [0.25, 0.3) is 17.2 Å². The van der Waals surface area contributed by atoms with Crippen LogP contribution in [-0.2, 0) is 24.9 Å². The van der Waals surface area contributed by atoms with Crippen LogP contribution in [0.25, 0.3) is 17.0 Å². The molecule has 0 saturated carbocycles. The maximum absolute atomic E-state index is 15.7. The summed E-state index contributed by atoms with van der Waals surface area (Å²) in [7, 11) is -8.27. The average Bonchev–Trinajstić information content (AvgIpc) is 3.72. The summed E-state index contributed by atoms with van der Waals surface area (Å²) < 4.78 is 50.5. The molecule has 3 aromatic heterocycles. The molecule has 4 atom stereocenters. The Balaban J connectivity index is 1.25. The molecule has 3 unspecified atom stereocenters. The van der Waals surface area contributed by atoms with Gasteiger partial charge in [-0.2, -0.15) is 19.3 Å². The van der Waals surface area contributed by atoms with E-state index in [1.165, 1.54) is 6.07 Å². The first-order chi connectivity index (χ1) is 20.9. The van der Waals surface area contributed by atoms with Crippen LogP contribution >= 0.6 is 38.8 Å². The fourth-order valence-electron chi connectivity index (χ4n) is 4.66. The summed E-state index contributed by atoms with van der Waals surface area (Å²) in [5, 5.41) is 9.38. The molecule has 0 radical (unpaired) electrons. The van der Waals surface area contributed by atoms with E-state index in [2.05, 4.69) is 55.4 Å². The Hall–Kier alpha value is -3.62. The summed E-state index contributed by atoms with van der Waals surface area (Å²) in [4.78, 5) is 46.3. The number of hydrogen-bond donors (Lipinski definition) is 10. The molecule has 0 amide bonds. The summed E-state index contributed by atoms with van der Waals surface area (Å²) in [6.07, 6.45) is -0.774. The van der Waals surface area contributed by atoms with Gasteiger partial charge in [-0.25, -0.2) is 13.9 Å². The summed E-state index contributed by atoms with van der Waals surface area (Å²) in [6.45, 7) is 0.159. The van der Waals surface area contributed by atoms with E-state index in [1.807, 2.05) is 0 Å².